The first-order valence-electron chi connectivity index (χ1n) is 6.24. The highest BCUT2D eigenvalue weighted by molar-refractivity contribution is 5.70. The van der Waals surface area contributed by atoms with Crippen molar-refractivity contribution in [3.05, 3.63) is 30.1 Å². The fourth-order valence-corrected chi connectivity index (χ4v) is 1.94. The first-order chi connectivity index (χ1) is 8.19. The molecule has 0 aliphatic heterocycles. The maximum Gasteiger partial charge on any atom is 0.306 e. The summed E-state index contributed by atoms with van der Waals surface area (Å²) in [5.41, 5.74) is 1.17. The van der Waals surface area contributed by atoms with Crippen LogP contribution in [-0.2, 0) is 9.53 Å². The molecule has 1 aromatic heterocycles. The average Bonchev–Trinajstić information content (AvgIpc) is 2.36. The van der Waals surface area contributed by atoms with Crippen molar-refractivity contribution in [1.82, 2.24) is 4.98 Å². The van der Waals surface area contributed by atoms with E-state index in [1.165, 1.54) is 5.56 Å². The highest BCUT2D eigenvalue weighted by Gasteiger charge is 2.21. The molecule has 0 spiro atoms. The van der Waals surface area contributed by atoms with Gasteiger partial charge in [0.25, 0.3) is 0 Å². The van der Waals surface area contributed by atoms with Gasteiger partial charge in [-0.15, -0.1) is 0 Å². The largest absolute Gasteiger partial charge is 0.466 e. The zero-order valence-corrected chi connectivity index (χ0v) is 10.8. The minimum Gasteiger partial charge on any atom is -0.466 e. The molecule has 3 heteroatoms. The van der Waals surface area contributed by atoms with Crippen molar-refractivity contribution in [2.24, 2.45) is 5.92 Å². The molecule has 1 heterocycles. The molecule has 0 amide bonds. The van der Waals surface area contributed by atoms with E-state index in [-0.39, 0.29) is 11.9 Å². The molecule has 0 N–H and O–H groups in total. The van der Waals surface area contributed by atoms with Gasteiger partial charge in [-0.05, 0) is 36.5 Å². The Morgan fingerprint density at radius 3 is 2.53 bits per heavy atom. The third-order valence-electron chi connectivity index (χ3n) is 3.16. The molecule has 2 unspecified atom stereocenters. The first kappa shape index (κ1) is 13.7. The fourth-order valence-electron chi connectivity index (χ4n) is 1.94. The zero-order valence-electron chi connectivity index (χ0n) is 10.8. The van der Waals surface area contributed by atoms with Crippen LogP contribution in [-0.4, -0.2) is 17.6 Å². The van der Waals surface area contributed by atoms with Crippen molar-refractivity contribution >= 4 is 5.97 Å². The van der Waals surface area contributed by atoms with Crippen molar-refractivity contribution < 1.29 is 9.53 Å². The highest BCUT2D eigenvalue weighted by Crippen LogP contribution is 2.30. The Hall–Kier alpha value is -1.38. The van der Waals surface area contributed by atoms with E-state index in [4.69, 9.17) is 4.74 Å². The van der Waals surface area contributed by atoms with E-state index in [0.717, 1.165) is 6.42 Å². The van der Waals surface area contributed by atoms with E-state index >= 15 is 0 Å². The van der Waals surface area contributed by atoms with Gasteiger partial charge in [-0.2, -0.15) is 0 Å². The smallest absolute Gasteiger partial charge is 0.306 e. The quantitative estimate of drug-likeness (QED) is 0.711. The maximum atomic E-state index is 11.6. The Balaban J connectivity index is 2.78. The predicted octanol–water partition coefficient (Wildman–Crippen LogP) is 3.16. The number of nitrogens with zero attached hydrogens (tertiary/aromatic N) is 1. The van der Waals surface area contributed by atoms with Crippen molar-refractivity contribution in [1.29, 1.82) is 0 Å². The van der Waals surface area contributed by atoms with Gasteiger partial charge in [0.15, 0.2) is 0 Å². The van der Waals surface area contributed by atoms with Crippen LogP contribution < -0.4 is 0 Å². The van der Waals surface area contributed by atoms with Gasteiger partial charge in [0, 0.05) is 12.4 Å². The van der Waals surface area contributed by atoms with Gasteiger partial charge in [-0.1, -0.05) is 20.3 Å². The Morgan fingerprint density at radius 2 is 2.00 bits per heavy atom. The lowest BCUT2D eigenvalue weighted by atomic mass is 9.84. The Bertz CT molecular complexity index is 337. The summed E-state index contributed by atoms with van der Waals surface area (Å²) < 4.78 is 5.03. The van der Waals surface area contributed by atoms with Crippen LogP contribution in [0.3, 0.4) is 0 Å². The molecule has 0 saturated heterocycles. The summed E-state index contributed by atoms with van der Waals surface area (Å²) >= 11 is 0. The highest BCUT2D eigenvalue weighted by atomic mass is 16.5. The van der Waals surface area contributed by atoms with Crippen LogP contribution in [0.25, 0.3) is 0 Å². The molecule has 0 aromatic carbocycles. The molecule has 0 aliphatic rings. The minimum atomic E-state index is -0.116. The number of pyridine rings is 1. The monoisotopic (exact) mass is 235 g/mol. The predicted molar refractivity (Wildman–Crippen MR) is 67.7 cm³/mol. The van der Waals surface area contributed by atoms with Gasteiger partial charge >= 0.3 is 5.97 Å². The maximum absolute atomic E-state index is 11.6. The zero-order chi connectivity index (χ0) is 12.7. The van der Waals surface area contributed by atoms with Crippen molar-refractivity contribution in [3.63, 3.8) is 0 Å². The number of aromatic nitrogens is 1. The Labute approximate surface area is 103 Å². The molecule has 94 valence electrons. The molecular weight excluding hydrogens is 214 g/mol. The topological polar surface area (TPSA) is 39.2 Å². The Morgan fingerprint density at radius 1 is 1.35 bits per heavy atom. The second kappa shape index (κ2) is 7.05. The van der Waals surface area contributed by atoms with E-state index in [2.05, 4.69) is 18.8 Å². The van der Waals surface area contributed by atoms with Gasteiger partial charge in [0.05, 0.1) is 13.0 Å². The van der Waals surface area contributed by atoms with Gasteiger partial charge in [0.2, 0.25) is 0 Å². The van der Waals surface area contributed by atoms with Crippen LogP contribution in [0, 0.1) is 5.92 Å². The lowest BCUT2D eigenvalue weighted by Gasteiger charge is -2.22. The third kappa shape index (κ3) is 4.17. The summed E-state index contributed by atoms with van der Waals surface area (Å²) in [6.45, 7) is 6.60. The molecule has 1 aromatic rings. The lowest BCUT2D eigenvalue weighted by Crippen LogP contribution is -2.16. The second-order valence-electron chi connectivity index (χ2n) is 4.28. The van der Waals surface area contributed by atoms with Crippen LogP contribution in [0.5, 0.6) is 0 Å². The van der Waals surface area contributed by atoms with Crippen molar-refractivity contribution in [2.45, 2.75) is 39.5 Å². The summed E-state index contributed by atoms with van der Waals surface area (Å²) in [6, 6.07) is 3.96. The van der Waals surface area contributed by atoms with Gasteiger partial charge in [-0.25, -0.2) is 0 Å². The number of esters is 1. The summed E-state index contributed by atoms with van der Waals surface area (Å²) in [4.78, 5) is 15.6. The molecule has 3 nitrogen and oxygen atoms in total. The number of ether oxygens (including phenoxy) is 1. The molecular formula is C14H21NO2. The van der Waals surface area contributed by atoms with Gasteiger partial charge in [0.1, 0.15) is 0 Å². The number of carbonyl (C=O) groups excluding carboxylic acids is 1. The first-order valence-corrected chi connectivity index (χ1v) is 6.24. The Kier molecular flexibility index (Phi) is 5.67. The summed E-state index contributed by atoms with van der Waals surface area (Å²) in [5, 5.41) is 0. The molecule has 0 aliphatic carbocycles. The van der Waals surface area contributed by atoms with Gasteiger partial charge < -0.3 is 4.74 Å². The summed E-state index contributed by atoms with van der Waals surface area (Å²) in [5.74, 6) is 0.568. The van der Waals surface area contributed by atoms with E-state index in [0.29, 0.717) is 18.9 Å². The molecule has 0 saturated carbocycles. The van der Waals surface area contributed by atoms with Crippen LogP contribution in [0.15, 0.2) is 24.5 Å². The normalized spacial score (nSPS) is 14.1. The molecule has 17 heavy (non-hydrogen) atoms. The van der Waals surface area contributed by atoms with E-state index < -0.39 is 0 Å². The number of carbonyl (C=O) groups is 1. The number of hydrogen-bond acceptors (Lipinski definition) is 3. The van der Waals surface area contributed by atoms with E-state index in [1.54, 1.807) is 12.4 Å². The number of rotatable bonds is 6. The minimum absolute atomic E-state index is 0.116. The van der Waals surface area contributed by atoms with Gasteiger partial charge in [-0.3, -0.25) is 9.78 Å². The van der Waals surface area contributed by atoms with Crippen LogP contribution in [0.2, 0.25) is 0 Å². The number of hydrogen-bond donors (Lipinski definition) is 0. The average molecular weight is 235 g/mol. The second-order valence-corrected chi connectivity index (χ2v) is 4.28. The molecule has 0 fully saturated rings. The van der Waals surface area contributed by atoms with Crippen molar-refractivity contribution in [3.8, 4) is 0 Å². The fraction of sp³-hybridized carbons (Fsp3) is 0.571. The molecule has 1 rings (SSSR count). The van der Waals surface area contributed by atoms with Crippen LogP contribution in [0.1, 0.15) is 45.1 Å². The standard InChI is InChI=1S/C14H21NO2/c1-4-11(3)13(10-14(16)17-5-2)12-6-8-15-9-7-12/h6-9,11,13H,4-5,10H2,1-3H3. The summed E-state index contributed by atoms with van der Waals surface area (Å²) in [7, 11) is 0. The SMILES string of the molecule is CCOC(=O)CC(c1ccncc1)C(C)CC. The van der Waals surface area contributed by atoms with Crippen LogP contribution >= 0.6 is 0 Å². The van der Waals surface area contributed by atoms with Crippen molar-refractivity contribution in [2.75, 3.05) is 6.61 Å². The third-order valence-corrected chi connectivity index (χ3v) is 3.16. The molecule has 2 atom stereocenters. The molecule has 0 bridgehead atoms. The summed E-state index contributed by atoms with van der Waals surface area (Å²) in [6.07, 6.45) is 5.05. The van der Waals surface area contributed by atoms with E-state index in [1.807, 2.05) is 19.1 Å². The van der Waals surface area contributed by atoms with E-state index in [9.17, 15) is 4.79 Å². The molecule has 0 radical (unpaired) electrons. The van der Waals surface area contributed by atoms with Crippen LogP contribution in [0.4, 0.5) is 0 Å². The lowest BCUT2D eigenvalue weighted by molar-refractivity contribution is -0.143.